The molecule has 2 heterocycles. The number of carboxylic acid groups (broad SMARTS) is 2. The Kier molecular flexibility index (Phi) is 14.4. The summed E-state index contributed by atoms with van der Waals surface area (Å²) in [6.45, 7) is 0. The standard InChI is InChI=1S/C20H15Cl2NO4S.C20H15Cl2NO3S/c1-27-13-4-2-3-11(7-13)8-17(24)23-19-18(20(25)26)14(10-28-19)12-5-6-15(21)16(22)9-12;21-15-8-7-13(10-16(15)22)14-11-27-19(18(14)20(25)26)23-17(24)9-6-12-4-2-1-3-5-12/h2-7,9-10H,8H2,1H3,(H,23,24)(H,25,26);1-5,7-8,10-11H,6,9H2,(H,23,24)(H,25,26). The number of nitrogens with one attached hydrogen (secondary N) is 2. The number of aryl methyl sites for hydroxylation is 1. The Morgan fingerprint density at radius 1 is 0.618 bits per heavy atom. The number of thiophene rings is 2. The lowest BCUT2D eigenvalue weighted by atomic mass is 10.0. The van der Waals surface area contributed by atoms with Crippen molar-refractivity contribution >= 4 is 103 Å². The van der Waals surface area contributed by atoms with Gasteiger partial charge in [0.15, 0.2) is 0 Å². The number of hydrogen-bond donors (Lipinski definition) is 4. The van der Waals surface area contributed by atoms with Crippen LogP contribution in [0, 0.1) is 0 Å². The van der Waals surface area contributed by atoms with E-state index in [1.54, 1.807) is 78.5 Å². The van der Waals surface area contributed by atoms with Crippen molar-refractivity contribution in [3.63, 3.8) is 0 Å². The number of methoxy groups -OCH3 is 1. The van der Waals surface area contributed by atoms with E-state index in [0.29, 0.717) is 59.5 Å². The molecule has 4 N–H and O–H groups in total. The third kappa shape index (κ3) is 10.9. The van der Waals surface area contributed by atoms with Gasteiger partial charge in [-0.05, 0) is 65.1 Å². The smallest absolute Gasteiger partial charge is 0.339 e. The molecule has 0 radical (unpaired) electrons. The number of aromatic carboxylic acids is 2. The van der Waals surface area contributed by atoms with Gasteiger partial charge < -0.3 is 25.6 Å². The lowest BCUT2D eigenvalue weighted by Crippen LogP contribution is -2.15. The Hall–Kier alpha value is -4.88. The molecule has 0 aliphatic heterocycles. The molecule has 0 unspecified atom stereocenters. The van der Waals surface area contributed by atoms with Crippen LogP contribution in [0.15, 0.2) is 102 Å². The second kappa shape index (κ2) is 19.1. The van der Waals surface area contributed by atoms with Crippen LogP contribution >= 0.6 is 69.1 Å². The van der Waals surface area contributed by atoms with Crippen LogP contribution in [0.1, 0.15) is 38.3 Å². The second-order valence-corrected chi connectivity index (χ2v) is 15.1. The first kappa shape index (κ1) is 41.3. The molecule has 9 nitrogen and oxygen atoms in total. The SMILES string of the molecule is COc1cccc(CC(=O)Nc2scc(-c3ccc(Cl)c(Cl)c3)c2C(=O)O)c1.O=C(CCc1ccccc1)Nc1scc(-c2ccc(Cl)c(Cl)c2)c1C(=O)O. The number of rotatable bonds is 12. The topological polar surface area (TPSA) is 142 Å². The normalized spacial score (nSPS) is 10.6. The van der Waals surface area contributed by atoms with Gasteiger partial charge in [0.05, 0.1) is 33.6 Å². The van der Waals surface area contributed by atoms with E-state index >= 15 is 0 Å². The summed E-state index contributed by atoms with van der Waals surface area (Å²) in [4.78, 5) is 48.3. The Bertz CT molecular complexity index is 2360. The average molecular weight is 857 g/mol. The fraction of sp³-hybridized carbons (Fsp3) is 0.100. The summed E-state index contributed by atoms with van der Waals surface area (Å²) >= 11 is 26.3. The summed E-state index contributed by atoms with van der Waals surface area (Å²) in [5, 5.41) is 30.1. The van der Waals surface area contributed by atoms with Gasteiger partial charge in [0.2, 0.25) is 11.8 Å². The van der Waals surface area contributed by atoms with Crippen LogP contribution in [0.2, 0.25) is 20.1 Å². The Morgan fingerprint density at radius 3 is 1.62 bits per heavy atom. The molecule has 6 rings (SSSR count). The monoisotopic (exact) mass is 854 g/mol. The summed E-state index contributed by atoms with van der Waals surface area (Å²) in [5.74, 6) is -2.16. The van der Waals surface area contributed by atoms with Crippen LogP contribution in [-0.2, 0) is 22.4 Å². The molecule has 0 saturated heterocycles. The van der Waals surface area contributed by atoms with Gasteiger partial charge in [-0.3, -0.25) is 9.59 Å². The zero-order chi connectivity index (χ0) is 39.6. The van der Waals surface area contributed by atoms with Gasteiger partial charge in [0.25, 0.3) is 0 Å². The highest BCUT2D eigenvalue weighted by atomic mass is 35.5. The van der Waals surface area contributed by atoms with E-state index in [1.165, 1.54) is 11.3 Å². The third-order valence-corrected chi connectivity index (χ3v) is 11.2. The molecule has 0 aliphatic carbocycles. The maximum absolute atomic E-state index is 12.4. The second-order valence-electron chi connectivity index (χ2n) is 11.7. The quantitative estimate of drug-likeness (QED) is 0.0960. The van der Waals surface area contributed by atoms with E-state index in [4.69, 9.17) is 51.1 Å². The van der Waals surface area contributed by atoms with E-state index in [9.17, 15) is 29.4 Å². The molecule has 55 heavy (non-hydrogen) atoms. The minimum atomic E-state index is -1.14. The average Bonchev–Trinajstić information content (AvgIpc) is 3.78. The number of carboxylic acids is 2. The summed E-state index contributed by atoms with van der Waals surface area (Å²) in [6, 6.07) is 26.6. The van der Waals surface area contributed by atoms with E-state index in [2.05, 4.69) is 10.6 Å². The zero-order valence-corrected chi connectivity index (χ0v) is 33.4. The fourth-order valence-electron chi connectivity index (χ4n) is 5.31. The van der Waals surface area contributed by atoms with Gasteiger partial charge in [0, 0.05) is 28.3 Å². The predicted octanol–water partition coefficient (Wildman–Crippen LogP) is 11.6. The first-order valence-corrected chi connectivity index (χ1v) is 19.5. The van der Waals surface area contributed by atoms with Crippen molar-refractivity contribution in [3.8, 4) is 28.0 Å². The largest absolute Gasteiger partial charge is 0.497 e. The molecule has 15 heteroatoms. The molecule has 2 amide bonds. The van der Waals surface area contributed by atoms with Crippen LogP contribution in [0.4, 0.5) is 10.0 Å². The van der Waals surface area contributed by atoms with Crippen molar-refractivity contribution in [3.05, 3.63) is 144 Å². The Balaban J connectivity index is 0.000000211. The van der Waals surface area contributed by atoms with Crippen LogP contribution in [0.25, 0.3) is 22.3 Å². The molecule has 6 aromatic rings. The summed E-state index contributed by atoms with van der Waals surface area (Å²) in [6.07, 6.45) is 0.944. The minimum Gasteiger partial charge on any atom is -0.497 e. The fourth-order valence-corrected chi connectivity index (χ4v) is 7.86. The molecule has 282 valence electrons. The van der Waals surface area contributed by atoms with Crippen molar-refractivity contribution in [2.75, 3.05) is 17.7 Å². The highest BCUT2D eigenvalue weighted by molar-refractivity contribution is 7.15. The number of amides is 2. The van der Waals surface area contributed by atoms with E-state index in [1.807, 2.05) is 30.3 Å². The molecular formula is C40H30Cl4N2O7S2. The lowest BCUT2D eigenvalue weighted by Gasteiger charge is -2.08. The van der Waals surface area contributed by atoms with Crippen LogP contribution in [0.5, 0.6) is 5.75 Å². The van der Waals surface area contributed by atoms with Gasteiger partial charge in [-0.2, -0.15) is 0 Å². The predicted molar refractivity (Wildman–Crippen MR) is 222 cm³/mol. The number of halogens is 4. The molecule has 4 aromatic carbocycles. The van der Waals surface area contributed by atoms with Crippen LogP contribution in [-0.4, -0.2) is 41.1 Å². The molecule has 0 aliphatic rings. The van der Waals surface area contributed by atoms with Crippen LogP contribution < -0.4 is 15.4 Å². The van der Waals surface area contributed by atoms with Gasteiger partial charge >= 0.3 is 11.9 Å². The first-order valence-electron chi connectivity index (χ1n) is 16.2. The molecule has 0 fully saturated rings. The van der Waals surface area contributed by atoms with E-state index < -0.39 is 11.9 Å². The van der Waals surface area contributed by atoms with Gasteiger partial charge in [-0.1, -0.05) is 101 Å². The maximum atomic E-state index is 12.4. The van der Waals surface area contributed by atoms with E-state index in [0.717, 1.165) is 22.5 Å². The van der Waals surface area contributed by atoms with Crippen LogP contribution in [0.3, 0.4) is 0 Å². The van der Waals surface area contributed by atoms with Crippen molar-refractivity contribution < 1.29 is 34.1 Å². The van der Waals surface area contributed by atoms with Crippen molar-refractivity contribution in [1.29, 1.82) is 0 Å². The highest BCUT2D eigenvalue weighted by Crippen LogP contribution is 2.39. The van der Waals surface area contributed by atoms with Gasteiger partial charge in [0.1, 0.15) is 26.9 Å². The first-order chi connectivity index (χ1) is 26.3. The Labute approximate surface area is 344 Å². The van der Waals surface area contributed by atoms with Gasteiger partial charge in [-0.15, -0.1) is 22.7 Å². The summed E-state index contributed by atoms with van der Waals surface area (Å²) in [7, 11) is 1.55. The van der Waals surface area contributed by atoms with Crippen molar-refractivity contribution in [1.82, 2.24) is 0 Å². The molecule has 2 aromatic heterocycles. The number of carbonyl (C=O) groups excluding carboxylic acids is 2. The lowest BCUT2D eigenvalue weighted by molar-refractivity contribution is -0.116. The third-order valence-electron chi connectivity index (χ3n) is 7.96. The van der Waals surface area contributed by atoms with E-state index in [-0.39, 0.29) is 40.8 Å². The molecule has 0 spiro atoms. The van der Waals surface area contributed by atoms with Crippen molar-refractivity contribution in [2.45, 2.75) is 19.3 Å². The molecule has 0 bridgehead atoms. The maximum Gasteiger partial charge on any atom is 0.339 e. The molecule has 0 atom stereocenters. The Morgan fingerprint density at radius 2 is 1.13 bits per heavy atom. The highest BCUT2D eigenvalue weighted by Gasteiger charge is 2.23. The molecule has 0 saturated carbocycles. The van der Waals surface area contributed by atoms with Gasteiger partial charge in [-0.25, -0.2) is 9.59 Å². The van der Waals surface area contributed by atoms with Crippen molar-refractivity contribution in [2.24, 2.45) is 0 Å². The minimum absolute atomic E-state index is 0.0161. The number of hydrogen-bond acceptors (Lipinski definition) is 7. The summed E-state index contributed by atoms with van der Waals surface area (Å²) < 4.78 is 5.15. The zero-order valence-electron chi connectivity index (χ0n) is 28.7. The number of ether oxygens (including phenoxy) is 1. The number of carbonyl (C=O) groups is 4. The molecular weight excluding hydrogens is 826 g/mol. The summed E-state index contributed by atoms with van der Waals surface area (Å²) in [5.41, 5.74) is 4.06. The number of benzene rings is 4. The number of anilines is 2.